The number of halogens is 2. The molecule has 1 aromatic heterocycles. The molecule has 0 unspecified atom stereocenters. The van der Waals surface area contributed by atoms with Crippen LogP contribution < -0.4 is 10.2 Å². The molecule has 0 fully saturated rings. The maximum Gasteiger partial charge on any atom is 0.200 e. The van der Waals surface area contributed by atoms with E-state index in [0.717, 1.165) is 11.1 Å². The molecule has 0 aliphatic rings. The zero-order valence-electron chi connectivity index (χ0n) is 14.1. The summed E-state index contributed by atoms with van der Waals surface area (Å²) in [6.07, 6.45) is 1.49. The van der Waals surface area contributed by atoms with Gasteiger partial charge in [-0.2, -0.15) is 0 Å². The minimum absolute atomic E-state index is 0.0708. The molecule has 0 atom stereocenters. The molecule has 1 heterocycles. The number of benzene rings is 3. The van der Waals surface area contributed by atoms with Crippen molar-refractivity contribution in [1.82, 2.24) is 0 Å². The van der Waals surface area contributed by atoms with Crippen molar-refractivity contribution < 1.29 is 9.15 Å². The molecule has 3 aromatic carbocycles. The van der Waals surface area contributed by atoms with Crippen LogP contribution in [0.1, 0.15) is 5.56 Å². The second-order valence-corrected chi connectivity index (χ2v) is 6.85. The Hall–Kier alpha value is -2.75. The summed E-state index contributed by atoms with van der Waals surface area (Å²) in [5.41, 5.74) is 2.66. The summed E-state index contributed by atoms with van der Waals surface area (Å²) < 4.78 is 11.5. The minimum Gasteiger partial charge on any atom is -0.489 e. The van der Waals surface area contributed by atoms with Crippen molar-refractivity contribution in [2.45, 2.75) is 6.61 Å². The highest BCUT2D eigenvalue weighted by molar-refractivity contribution is 6.42. The molecule has 0 saturated carbocycles. The first-order chi connectivity index (χ1) is 13.1. The molecule has 0 spiro atoms. The van der Waals surface area contributed by atoms with E-state index in [-0.39, 0.29) is 5.43 Å². The highest BCUT2D eigenvalue weighted by atomic mass is 35.5. The fourth-order valence-corrected chi connectivity index (χ4v) is 3.13. The molecule has 4 rings (SSSR count). The highest BCUT2D eigenvalue weighted by Gasteiger charge is 2.10. The molecule has 0 N–H and O–H groups in total. The quantitative estimate of drug-likeness (QED) is 0.403. The molecule has 0 aliphatic heterocycles. The average molecular weight is 397 g/mol. The molecule has 4 aromatic rings. The van der Waals surface area contributed by atoms with Crippen LogP contribution in [0.15, 0.2) is 82.2 Å². The lowest BCUT2D eigenvalue weighted by Gasteiger charge is -2.08. The van der Waals surface area contributed by atoms with E-state index in [1.807, 2.05) is 36.4 Å². The van der Waals surface area contributed by atoms with Crippen LogP contribution in [0.5, 0.6) is 5.75 Å². The number of rotatable bonds is 4. The predicted molar refractivity (Wildman–Crippen MR) is 109 cm³/mol. The molecule has 0 radical (unpaired) electrons. The van der Waals surface area contributed by atoms with E-state index < -0.39 is 0 Å². The molecule has 27 heavy (non-hydrogen) atoms. The van der Waals surface area contributed by atoms with Crippen LogP contribution in [0.25, 0.3) is 22.1 Å². The number of ether oxygens (including phenoxy) is 1. The van der Waals surface area contributed by atoms with Gasteiger partial charge in [-0.05, 0) is 35.4 Å². The summed E-state index contributed by atoms with van der Waals surface area (Å²) in [6, 6.07) is 20.0. The first-order valence-corrected chi connectivity index (χ1v) is 9.05. The van der Waals surface area contributed by atoms with Gasteiger partial charge in [-0.1, -0.05) is 59.6 Å². The molecular formula is C22H14Cl2O3. The monoisotopic (exact) mass is 396 g/mol. The third kappa shape index (κ3) is 3.70. The molecule has 5 heteroatoms. The van der Waals surface area contributed by atoms with Crippen LogP contribution in [0.2, 0.25) is 10.0 Å². The summed E-state index contributed by atoms with van der Waals surface area (Å²) in [6.45, 7) is 0.328. The van der Waals surface area contributed by atoms with Gasteiger partial charge in [-0.3, -0.25) is 4.79 Å². The fourth-order valence-electron chi connectivity index (χ4n) is 2.81. The third-order valence-corrected chi connectivity index (χ3v) is 4.96. The van der Waals surface area contributed by atoms with Crippen molar-refractivity contribution in [2.24, 2.45) is 0 Å². The van der Waals surface area contributed by atoms with Crippen LogP contribution in [0, 0.1) is 0 Å². The first kappa shape index (κ1) is 17.7. The van der Waals surface area contributed by atoms with E-state index in [1.54, 1.807) is 30.3 Å². The maximum absolute atomic E-state index is 12.8. The van der Waals surface area contributed by atoms with Gasteiger partial charge in [0.15, 0.2) is 5.43 Å². The Balaban J connectivity index is 1.61. The van der Waals surface area contributed by atoms with Crippen LogP contribution in [0.3, 0.4) is 0 Å². The van der Waals surface area contributed by atoms with E-state index in [4.69, 9.17) is 32.4 Å². The largest absolute Gasteiger partial charge is 0.489 e. The normalized spacial score (nSPS) is 10.9. The van der Waals surface area contributed by atoms with Gasteiger partial charge in [0, 0.05) is 6.07 Å². The second kappa shape index (κ2) is 7.47. The van der Waals surface area contributed by atoms with Crippen molar-refractivity contribution >= 4 is 34.2 Å². The smallest absolute Gasteiger partial charge is 0.200 e. The lowest BCUT2D eigenvalue weighted by molar-refractivity contribution is 0.306. The van der Waals surface area contributed by atoms with Gasteiger partial charge in [-0.25, -0.2) is 0 Å². The van der Waals surface area contributed by atoms with Gasteiger partial charge in [0.25, 0.3) is 0 Å². The van der Waals surface area contributed by atoms with Gasteiger partial charge < -0.3 is 9.15 Å². The minimum atomic E-state index is -0.0708. The van der Waals surface area contributed by atoms with Crippen LogP contribution >= 0.6 is 23.2 Å². The van der Waals surface area contributed by atoms with E-state index in [1.165, 1.54) is 6.26 Å². The number of hydrogen-bond acceptors (Lipinski definition) is 3. The SMILES string of the molecule is O=c1c(-c2ccccc2)coc2cc(OCc3ccc(Cl)c(Cl)c3)ccc12. The lowest BCUT2D eigenvalue weighted by Crippen LogP contribution is -2.05. The molecule has 3 nitrogen and oxygen atoms in total. The fraction of sp³-hybridized carbons (Fsp3) is 0.0455. The van der Waals surface area contributed by atoms with Gasteiger partial charge in [0.2, 0.25) is 0 Å². The summed E-state index contributed by atoms with van der Waals surface area (Å²) in [4.78, 5) is 12.8. The molecular weight excluding hydrogens is 383 g/mol. The van der Waals surface area contributed by atoms with Gasteiger partial charge >= 0.3 is 0 Å². The number of hydrogen-bond donors (Lipinski definition) is 0. The number of fused-ring (bicyclic) bond motifs is 1. The Bertz CT molecular complexity index is 1170. The van der Waals surface area contributed by atoms with E-state index in [2.05, 4.69) is 0 Å². The lowest BCUT2D eigenvalue weighted by atomic mass is 10.1. The third-order valence-electron chi connectivity index (χ3n) is 4.22. The molecule has 0 aliphatic carbocycles. The Morgan fingerprint density at radius 2 is 1.70 bits per heavy atom. The Kier molecular flexibility index (Phi) is 4.88. The van der Waals surface area contributed by atoms with Crippen molar-refractivity contribution in [2.75, 3.05) is 0 Å². The topological polar surface area (TPSA) is 39.4 Å². The zero-order valence-corrected chi connectivity index (χ0v) is 15.6. The van der Waals surface area contributed by atoms with Crippen LogP contribution in [0.4, 0.5) is 0 Å². The van der Waals surface area contributed by atoms with Crippen LogP contribution in [-0.4, -0.2) is 0 Å². The van der Waals surface area contributed by atoms with Crippen molar-refractivity contribution in [3.8, 4) is 16.9 Å². The second-order valence-electron chi connectivity index (χ2n) is 6.04. The summed E-state index contributed by atoms with van der Waals surface area (Å²) in [5, 5.41) is 1.50. The highest BCUT2D eigenvalue weighted by Crippen LogP contribution is 2.25. The maximum atomic E-state index is 12.8. The Morgan fingerprint density at radius 3 is 2.48 bits per heavy atom. The summed E-state index contributed by atoms with van der Waals surface area (Å²) >= 11 is 11.9. The first-order valence-electron chi connectivity index (χ1n) is 8.29. The average Bonchev–Trinajstić information content (AvgIpc) is 2.70. The van der Waals surface area contributed by atoms with Gasteiger partial charge in [-0.15, -0.1) is 0 Å². The Morgan fingerprint density at radius 1 is 0.889 bits per heavy atom. The predicted octanol–water partition coefficient (Wildman–Crippen LogP) is 6.35. The van der Waals surface area contributed by atoms with Gasteiger partial charge in [0.1, 0.15) is 24.2 Å². The molecule has 0 amide bonds. The molecule has 134 valence electrons. The Labute approximate surface area is 165 Å². The van der Waals surface area contributed by atoms with Gasteiger partial charge in [0.05, 0.1) is 21.0 Å². The standard InChI is InChI=1S/C22H14Cl2O3/c23-19-9-6-14(10-20(19)24)12-26-16-7-8-17-21(11-16)27-13-18(22(17)25)15-4-2-1-3-5-15/h1-11,13H,12H2. The summed E-state index contributed by atoms with van der Waals surface area (Å²) in [5.74, 6) is 0.601. The molecule has 0 bridgehead atoms. The van der Waals surface area contributed by atoms with Crippen molar-refractivity contribution in [3.05, 3.63) is 98.8 Å². The van der Waals surface area contributed by atoms with E-state index >= 15 is 0 Å². The zero-order chi connectivity index (χ0) is 18.8. The van der Waals surface area contributed by atoms with Crippen LogP contribution in [-0.2, 0) is 6.61 Å². The molecule has 0 saturated heterocycles. The van der Waals surface area contributed by atoms with Crippen molar-refractivity contribution in [3.63, 3.8) is 0 Å². The van der Waals surface area contributed by atoms with E-state index in [9.17, 15) is 4.79 Å². The van der Waals surface area contributed by atoms with E-state index in [0.29, 0.717) is 38.9 Å². The van der Waals surface area contributed by atoms with Crippen molar-refractivity contribution in [1.29, 1.82) is 0 Å². The summed E-state index contributed by atoms with van der Waals surface area (Å²) in [7, 11) is 0.